The van der Waals surface area contributed by atoms with Crippen LogP contribution in [0.4, 0.5) is 0 Å². The topological polar surface area (TPSA) is 111 Å². The number of allylic oxidation sites excluding steroid dienone is 32. The quantitative estimate of drug-likeness (QED) is 0.0195. The third kappa shape index (κ3) is 59.6. The summed E-state index contributed by atoms with van der Waals surface area (Å²) in [5.41, 5.74) is 0. The minimum Gasteiger partial charge on any atom is -0.545 e. The van der Waals surface area contributed by atoms with Crippen molar-refractivity contribution in [1.29, 1.82) is 0 Å². The van der Waals surface area contributed by atoms with Gasteiger partial charge in [-0.1, -0.05) is 208 Å². The SMILES string of the molecule is CC/C=C\C/C=C\C/C=C\C/C=C\C/C=C\C/C=C\C/C=C\C/C=C\C/C=C\C/C=C\CCCCC(=O)OC(COC(=O)CCCC/C=C\C/C=C\C/C=C\C/C=C\C/C=C\C/C=C\CC)COC(OCC[N+](C)(C)C)C(=O)[O-]. The van der Waals surface area contributed by atoms with Crippen molar-refractivity contribution < 1.29 is 42.9 Å². The molecule has 0 aliphatic heterocycles. The number of unbranched alkanes of at least 4 members (excludes halogenated alkanes) is 4. The van der Waals surface area contributed by atoms with Crippen molar-refractivity contribution >= 4 is 17.9 Å². The number of esters is 2. The fourth-order valence-corrected chi connectivity index (χ4v) is 6.86. The molecular formula is C70H105NO8. The third-order valence-electron chi connectivity index (χ3n) is 11.3. The first-order valence-electron chi connectivity index (χ1n) is 29.6. The van der Waals surface area contributed by atoms with E-state index in [-0.39, 0.29) is 32.7 Å². The highest BCUT2D eigenvalue weighted by atomic mass is 16.7. The normalized spacial score (nSPS) is 14.2. The van der Waals surface area contributed by atoms with E-state index in [1.165, 1.54) is 0 Å². The predicted octanol–water partition coefficient (Wildman–Crippen LogP) is 16.6. The van der Waals surface area contributed by atoms with Crippen LogP contribution in [0.3, 0.4) is 0 Å². The lowest BCUT2D eigenvalue weighted by atomic mass is 10.1. The summed E-state index contributed by atoms with van der Waals surface area (Å²) < 4.78 is 22.6. The fraction of sp³-hybridized carbons (Fsp3) is 0.500. The zero-order valence-electron chi connectivity index (χ0n) is 49.6. The Balaban J connectivity index is 4.46. The molecule has 0 aromatic heterocycles. The molecule has 0 amide bonds. The van der Waals surface area contributed by atoms with Gasteiger partial charge >= 0.3 is 11.9 Å². The van der Waals surface area contributed by atoms with Crippen molar-refractivity contribution in [1.82, 2.24) is 0 Å². The van der Waals surface area contributed by atoms with Crippen LogP contribution in [0.2, 0.25) is 0 Å². The maximum atomic E-state index is 12.9. The largest absolute Gasteiger partial charge is 0.545 e. The first-order chi connectivity index (χ1) is 38.6. The van der Waals surface area contributed by atoms with E-state index in [1.54, 1.807) is 0 Å². The Morgan fingerprint density at radius 2 is 0.671 bits per heavy atom. The van der Waals surface area contributed by atoms with Gasteiger partial charge in [-0.25, -0.2) is 0 Å². The smallest absolute Gasteiger partial charge is 0.306 e. The van der Waals surface area contributed by atoms with Gasteiger partial charge in [0.05, 0.1) is 40.3 Å². The number of carbonyl (C=O) groups excluding carboxylic acids is 3. The molecule has 0 radical (unpaired) electrons. The van der Waals surface area contributed by atoms with Gasteiger partial charge in [0.15, 0.2) is 12.4 Å². The summed E-state index contributed by atoms with van der Waals surface area (Å²) in [6.45, 7) is 4.37. The van der Waals surface area contributed by atoms with Gasteiger partial charge in [0.25, 0.3) is 0 Å². The van der Waals surface area contributed by atoms with Crippen LogP contribution in [0.1, 0.15) is 168 Å². The lowest BCUT2D eigenvalue weighted by molar-refractivity contribution is -0.870. The van der Waals surface area contributed by atoms with E-state index in [4.69, 9.17) is 18.9 Å². The van der Waals surface area contributed by atoms with Crippen molar-refractivity contribution in [3.05, 3.63) is 194 Å². The van der Waals surface area contributed by atoms with Crippen molar-refractivity contribution in [3.63, 3.8) is 0 Å². The van der Waals surface area contributed by atoms with Crippen LogP contribution in [0.5, 0.6) is 0 Å². The van der Waals surface area contributed by atoms with Gasteiger partial charge in [-0.15, -0.1) is 0 Å². The van der Waals surface area contributed by atoms with Crippen molar-refractivity contribution in [2.24, 2.45) is 0 Å². The lowest BCUT2D eigenvalue weighted by Gasteiger charge is -2.26. The number of quaternary nitrogens is 1. The Labute approximate surface area is 481 Å². The number of aliphatic carboxylic acids is 1. The van der Waals surface area contributed by atoms with Crippen LogP contribution in [-0.4, -0.2) is 82.3 Å². The summed E-state index contributed by atoms with van der Waals surface area (Å²) in [6, 6.07) is 0. The molecule has 9 heteroatoms. The molecule has 0 bridgehead atoms. The predicted molar refractivity (Wildman–Crippen MR) is 333 cm³/mol. The number of hydrogen-bond acceptors (Lipinski definition) is 8. The van der Waals surface area contributed by atoms with E-state index in [0.717, 1.165) is 128 Å². The van der Waals surface area contributed by atoms with Crippen LogP contribution >= 0.6 is 0 Å². The molecule has 0 spiro atoms. The average molecular weight is 1090 g/mol. The molecule has 2 atom stereocenters. The molecule has 438 valence electrons. The summed E-state index contributed by atoms with van der Waals surface area (Å²) in [6.07, 6.45) is 87.7. The number of carboxylic acid groups (broad SMARTS) is 1. The van der Waals surface area contributed by atoms with E-state index < -0.39 is 30.3 Å². The molecule has 0 saturated heterocycles. The molecule has 0 saturated carbocycles. The van der Waals surface area contributed by atoms with E-state index >= 15 is 0 Å². The van der Waals surface area contributed by atoms with Crippen LogP contribution in [0, 0.1) is 0 Å². The first kappa shape index (κ1) is 73.1. The first-order valence-corrected chi connectivity index (χ1v) is 29.6. The third-order valence-corrected chi connectivity index (χ3v) is 11.3. The summed E-state index contributed by atoms with van der Waals surface area (Å²) >= 11 is 0. The highest BCUT2D eigenvalue weighted by molar-refractivity contribution is 5.70. The van der Waals surface area contributed by atoms with Gasteiger partial charge in [-0.3, -0.25) is 9.59 Å². The molecule has 79 heavy (non-hydrogen) atoms. The van der Waals surface area contributed by atoms with E-state index in [9.17, 15) is 19.5 Å². The number of ether oxygens (including phenoxy) is 4. The second-order valence-corrected chi connectivity index (χ2v) is 19.8. The zero-order chi connectivity index (χ0) is 57.6. The Hall–Kier alpha value is -5.87. The van der Waals surface area contributed by atoms with Gasteiger partial charge in [0, 0.05) is 12.8 Å². The van der Waals surface area contributed by atoms with Gasteiger partial charge < -0.3 is 33.3 Å². The summed E-state index contributed by atoms with van der Waals surface area (Å²) in [5.74, 6) is -2.44. The van der Waals surface area contributed by atoms with Crippen LogP contribution < -0.4 is 5.11 Å². The minimum absolute atomic E-state index is 0.119. The van der Waals surface area contributed by atoms with E-state index in [1.807, 2.05) is 21.1 Å². The number of likely N-dealkylation sites (N-methyl/N-ethyl adjacent to an activating group) is 1. The molecule has 0 fully saturated rings. The van der Waals surface area contributed by atoms with Crippen LogP contribution in [0.25, 0.3) is 0 Å². The summed E-state index contributed by atoms with van der Waals surface area (Å²) in [5, 5.41) is 11.8. The van der Waals surface area contributed by atoms with Gasteiger partial charge in [-0.2, -0.15) is 0 Å². The molecule has 0 aromatic carbocycles. The second kappa shape index (κ2) is 58.3. The standard InChI is InChI=1S/C70H105NO8/c1-6-8-10-12-14-16-18-20-22-24-26-28-29-30-31-32-33-34-35-36-37-38-39-41-43-45-47-49-51-53-55-57-59-61-68(73)79-66(65-78-70(69(74)75)76-63-62-71(3,4)5)64-77-67(72)60-58-56-54-52-50-48-46-44-42-40-27-25-23-21-19-17-15-13-11-9-7-2/h8-11,14-17,20-23,26-28,30-31,33-34,36-37,39-41,44-47,50-53,66,70H,6-7,12-13,18-19,24-25,29,32,35,38,42-43,48-49,54-65H2,1-5H3/b10-8-,11-9-,16-14-,17-15-,22-20-,23-21-,28-26-,31-30-,34-33-,37-36-,40-27-,41-39-,46-44-,47-45-,52-50-,53-51-. The van der Waals surface area contributed by atoms with Crippen LogP contribution in [-0.2, 0) is 33.3 Å². The number of carboxylic acids is 1. The lowest BCUT2D eigenvalue weighted by Crippen LogP contribution is -2.44. The van der Waals surface area contributed by atoms with Gasteiger partial charge in [-0.05, 0) is 141 Å². The Morgan fingerprint density at radius 3 is 0.962 bits per heavy atom. The maximum Gasteiger partial charge on any atom is 0.306 e. The number of carbonyl (C=O) groups is 3. The highest BCUT2D eigenvalue weighted by Gasteiger charge is 2.21. The zero-order valence-corrected chi connectivity index (χ0v) is 49.6. The second-order valence-electron chi connectivity index (χ2n) is 19.8. The number of rotatable bonds is 51. The Bertz CT molecular complexity index is 1990. The highest BCUT2D eigenvalue weighted by Crippen LogP contribution is 2.10. The number of nitrogens with zero attached hydrogens (tertiary/aromatic N) is 1. The molecule has 9 nitrogen and oxygen atoms in total. The molecule has 2 unspecified atom stereocenters. The minimum atomic E-state index is -1.66. The molecule has 0 aliphatic carbocycles. The Kier molecular flexibility index (Phi) is 54.0. The molecule has 0 N–H and O–H groups in total. The van der Waals surface area contributed by atoms with Crippen molar-refractivity contribution in [3.8, 4) is 0 Å². The summed E-state index contributed by atoms with van der Waals surface area (Å²) in [7, 11) is 5.87. The summed E-state index contributed by atoms with van der Waals surface area (Å²) in [4.78, 5) is 37.3. The van der Waals surface area contributed by atoms with E-state index in [0.29, 0.717) is 23.9 Å². The molecule has 0 heterocycles. The maximum absolute atomic E-state index is 12.9. The Morgan fingerprint density at radius 1 is 0.380 bits per heavy atom. The monoisotopic (exact) mass is 1090 g/mol. The van der Waals surface area contributed by atoms with Crippen LogP contribution in [0.15, 0.2) is 194 Å². The van der Waals surface area contributed by atoms with Gasteiger partial charge in [0.1, 0.15) is 13.2 Å². The molecule has 0 aromatic rings. The number of hydrogen-bond donors (Lipinski definition) is 0. The van der Waals surface area contributed by atoms with Gasteiger partial charge in [0.2, 0.25) is 0 Å². The fourth-order valence-electron chi connectivity index (χ4n) is 6.86. The van der Waals surface area contributed by atoms with Crippen molar-refractivity contribution in [2.45, 2.75) is 180 Å². The molecular weight excluding hydrogens is 983 g/mol. The molecule has 0 aliphatic rings. The average Bonchev–Trinajstić information content (AvgIpc) is 3.42. The van der Waals surface area contributed by atoms with E-state index in [2.05, 4.69) is 208 Å². The van der Waals surface area contributed by atoms with Crippen molar-refractivity contribution in [2.75, 3.05) is 47.5 Å². The molecule has 0 rings (SSSR count).